The molecule has 1 rings (SSSR count). The molecule has 0 aliphatic carbocycles. The smallest absolute Gasteiger partial charge is 0.142 e. The summed E-state index contributed by atoms with van der Waals surface area (Å²) in [5.41, 5.74) is 0.694. The van der Waals surface area contributed by atoms with E-state index in [0.717, 1.165) is 0 Å². The molecule has 0 saturated carbocycles. The topological polar surface area (TPSA) is 24.1 Å². The maximum absolute atomic E-state index is 14.4. The molecule has 0 amide bonds. The van der Waals surface area contributed by atoms with Crippen LogP contribution in [-0.4, -0.2) is 25.7 Å². The fraction of sp³-hybridized carbons (Fsp3) is 0.333. The lowest BCUT2D eigenvalue weighted by molar-refractivity contribution is 0.253. The molecule has 0 aliphatic heterocycles. The van der Waals surface area contributed by atoms with Crippen molar-refractivity contribution in [2.24, 2.45) is 0 Å². The van der Waals surface area contributed by atoms with E-state index in [9.17, 15) is 4.39 Å². The Morgan fingerprint density at radius 2 is 1.78 bits per heavy atom. The average molecular weight is 248 g/mol. The Balaban J connectivity index is 2.62. The number of rotatable bonds is 9. The van der Waals surface area contributed by atoms with Gasteiger partial charge in [0.05, 0.1) is 6.04 Å². The monoisotopic (exact) mass is 248 g/mol. The maximum Gasteiger partial charge on any atom is 0.142 e. The van der Waals surface area contributed by atoms with Crippen molar-refractivity contribution in [1.29, 1.82) is 0 Å². The van der Waals surface area contributed by atoms with Crippen LogP contribution in [0.2, 0.25) is 0 Å². The molecule has 2 atom stereocenters. The van der Waals surface area contributed by atoms with Crippen LogP contribution in [0.3, 0.4) is 0 Å². The Morgan fingerprint density at radius 3 is 2.39 bits per heavy atom. The summed E-state index contributed by atoms with van der Waals surface area (Å²) in [7, 11) is 0. The van der Waals surface area contributed by atoms with Crippen LogP contribution in [0, 0.1) is 0 Å². The van der Waals surface area contributed by atoms with Crippen LogP contribution in [0.15, 0.2) is 55.6 Å². The second kappa shape index (κ2) is 8.61. The maximum atomic E-state index is 14.4. The molecule has 0 aromatic heterocycles. The zero-order valence-corrected chi connectivity index (χ0v) is 10.6. The van der Waals surface area contributed by atoms with Crippen molar-refractivity contribution < 1.29 is 4.39 Å². The minimum Gasteiger partial charge on any atom is -0.312 e. The largest absolute Gasteiger partial charge is 0.312 e. The van der Waals surface area contributed by atoms with Gasteiger partial charge in [0.2, 0.25) is 0 Å². The van der Waals surface area contributed by atoms with Crippen molar-refractivity contribution in [3.63, 3.8) is 0 Å². The normalized spacial score (nSPS) is 13.8. The summed E-state index contributed by atoms with van der Waals surface area (Å²) in [4.78, 5) is 0. The molecule has 0 unspecified atom stereocenters. The van der Waals surface area contributed by atoms with Crippen molar-refractivity contribution in [1.82, 2.24) is 10.6 Å². The van der Waals surface area contributed by atoms with E-state index in [2.05, 4.69) is 23.8 Å². The quantitative estimate of drug-likeness (QED) is 0.518. The molecule has 0 radical (unpaired) electrons. The second-order valence-electron chi connectivity index (χ2n) is 4.06. The molecule has 0 aliphatic rings. The summed E-state index contributed by atoms with van der Waals surface area (Å²) in [6.07, 6.45) is 2.46. The molecule has 98 valence electrons. The number of hydrogen-bond donors (Lipinski definition) is 2. The SMILES string of the molecule is C=CCNC[C@H](NCC=C)[C@H](F)c1ccccc1. The minimum atomic E-state index is -1.04. The van der Waals surface area contributed by atoms with Crippen LogP contribution < -0.4 is 10.6 Å². The van der Waals surface area contributed by atoms with E-state index in [0.29, 0.717) is 25.2 Å². The zero-order chi connectivity index (χ0) is 13.2. The first-order chi connectivity index (χ1) is 8.79. The Bertz CT molecular complexity index is 351. The fourth-order valence-electron chi connectivity index (χ4n) is 1.72. The third-order valence-electron chi connectivity index (χ3n) is 2.65. The van der Waals surface area contributed by atoms with Gasteiger partial charge in [0.25, 0.3) is 0 Å². The molecule has 3 heteroatoms. The van der Waals surface area contributed by atoms with Crippen molar-refractivity contribution in [3.8, 4) is 0 Å². The van der Waals surface area contributed by atoms with Gasteiger partial charge in [-0.15, -0.1) is 13.2 Å². The van der Waals surface area contributed by atoms with E-state index < -0.39 is 6.17 Å². The Hall–Kier alpha value is -1.45. The molecule has 1 aromatic rings. The highest BCUT2D eigenvalue weighted by atomic mass is 19.1. The molecule has 0 saturated heterocycles. The highest BCUT2D eigenvalue weighted by molar-refractivity contribution is 5.19. The number of alkyl halides is 1. The lowest BCUT2D eigenvalue weighted by Crippen LogP contribution is -2.42. The fourth-order valence-corrected chi connectivity index (χ4v) is 1.72. The van der Waals surface area contributed by atoms with E-state index >= 15 is 0 Å². The Kier molecular flexibility index (Phi) is 6.99. The summed E-state index contributed by atoms with van der Waals surface area (Å²) in [5.74, 6) is 0. The first-order valence-corrected chi connectivity index (χ1v) is 6.14. The van der Waals surface area contributed by atoms with Gasteiger partial charge in [-0.1, -0.05) is 42.5 Å². The van der Waals surface area contributed by atoms with Crippen LogP contribution in [0.4, 0.5) is 4.39 Å². The second-order valence-corrected chi connectivity index (χ2v) is 4.06. The number of halogens is 1. The lowest BCUT2D eigenvalue weighted by Gasteiger charge is -2.22. The van der Waals surface area contributed by atoms with Gasteiger partial charge >= 0.3 is 0 Å². The predicted molar refractivity (Wildman–Crippen MR) is 75.3 cm³/mol. The van der Waals surface area contributed by atoms with Gasteiger partial charge in [-0.2, -0.15) is 0 Å². The summed E-state index contributed by atoms with van der Waals surface area (Å²) in [6.45, 7) is 9.09. The summed E-state index contributed by atoms with van der Waals surface area (Å²) < 4.78 is 14.4. The molecule has 1 aromatic carbocycles. The molecule has 0 fully saturated rings. The average Bonchev–Trinajstić information content (AvgIpc) is 2.43. The third kappa shape index (κ3) is 4.82. The van der Waals surface area contributed by atoms with Gasteiger partial charge in [-0.25, -0.2) is 4.39 Å². The van der Waals surface area contributed by atoms with Crippen molar-refractivity contribution in [2.75, 3.05) is 19.6 Å². The van der Waals surface area contributed by atoms with Gasteiger partial charge in [0.15, 0.2) is 0 Å². The van der Waals surface area contributed by atoms with E-state index in [4.69, 9.17) is 0 Å². The van der Waals surface area contributed by atoms with Gasteiger partial charge in [0.1, 0.15) is 6.17 Å². The minimum absolute atomic E-state index is 0.273. The molecule has 18 heavy (non-hydrogen) atoms. The molecule has 0 spiro atoms. The highest BCUT2D eigenvalue weighted by Crippen LogP contribution is 2.20. The summed E-state index contributed by atoms with van der Waals surface area (Å²) in [5, 5.41) is 6.28. The van der Waals surface area contributed by atoms with Crippen LogP contribution >= 0.6 is 0 Å². The van der Waals surface area contributed by atoms with Crippen LogP contribution in [0.25, 0.3) is 0 Å². The van der Waals surface area contributed by atoms with Crippen molar-refractivity contribution in [3.05, 3.63) is 61.2 Å². The van der Waals surface area contributed by atoms with Crippen LogP contribution in [0.5, 0.6) is 0 Å². The lowest BCUT2D eigenvalue weighted by atomic mass is 10.0. The number of nitrogens with one attached hydrogen (secondary N) is 2. The standard InChI is InChI=1S/C15H21FN2/c1-3-10-17-12-14(18-11-4-2)15(16)13-8-6-5-7-9-13/h3-9,14-15,17-18H,1-2,10-12H2/t14-,15+/m0/s1. The van der Waals surface area contributed by atoms with E-state index in [1.165, 1.54) is 0 Å². The van der Waals surface area contributed by atoms with Gasteiger partial charge in [0, 0.05) is 19.6 Å². The molecular weight excluding hydrogens is 227 g/mol. The summed E-state index contributed by atoms with van der Waals surface area (Å²) >= 11 is 0. The molecule has 0 heterocycles. The summed E-state index contributed by atoms with van der Waals surface area (Å²) in [6, 6.07) is 8.93. The Labute approximate surface area is 109 Å². The molecular formula is C15H21FN2. The molecule has 0 bridgehead atoms. The van der Waals surface area contributed by atoms with Gasteiger partial charge in [-0.05, 0) is 5.56 Å². The predicted octanol–water partition coefficient (Wildman–Crippen LogP) is 2.62. The van der Waals surface area contributed by atoms with Gasteiger partial charge in [-0.3, -0.25) is 0 Å². The van der Waals surface area contributed by atoms with E-state index in [1.807, 2.05) is 18.2 Å². The molecule has 2 nitrogen and oxygen atoms in total. The first-order valence-electron chi connectivity index (χ1n) is 6.14. The van der Waals surface area contributed by atoms with Crippen molar-refractivity contribution in [2.45, 2.75) is 12.2 Å². The van der Waals surface area contributed by atoms with Gasteiger partial charge < -0.3 is 10.6 Å². The van der Waals surface area contributed by atoms with Crippen molar-refractivity contribution >= 4 is 0 Å². The first kappa shape index (κ1) is 14.6. The van der Waals surface area contributed by atoms with E-state index in [-0.39, 0.29) is 6.04 Å². The highest BCUT2D eigenvalue weighted by Gasteiger charge is 2.21. The molecule has 2 N–H and O–H groups in total. The number of hydrogen-bond acceptors (Lipinski definition) is 2. The van der Waals surface area contributed by atoms with E-state index in [1.54, 1.807) is 24.3 Å². The van der Waals surface area contributed by atoms with Crippen LogP contribution in [0.1, 0.15) is 11.7 Å². The number of benzene rings is 1. The third-order valence-corrected chi connectivity index (χ3v) is 2.65. The zero-order valence-electron chi connectivity index (χ0n) is 10.6. The Morgan fingerprint density at radius 1 is 1.11 bits per heavy atom. The van der Waals surface area contributed by atoms with Crippen LogP contribution in [-0.2, 0) is 0 Å².